The molecular formula is C12H13N3O2S2. The minimum Gasteiger partial charge on any atom is -0.223 e. The maximum Gasteiger partial charge on any atom is 0.209 e. The Hall–Kier alpha value is -1.47. The lowest BCUT2D eigenvalue weighted by Crippen LogP contribution is -2.08. The van der Waals surface area contributed by atoms with Crippen LogP contribution in [0.2, 0.25) is 0 Å². The highest BCUT2D eigenvalue weighted by Gasteiger charge is 2.16. The van der Waals surface area contributed by atoms with Gasteiger partial charge in [0, 0.05) is 0 Å². The highest BCUT2D eigenvalue weighted by molar-refractivity contribution is 7.98. The second-order valence-corrected chi connectivity index (χ2v) is 6.77. The van der Waals surface area contributed by atoms with E-state index in [0.717, 1.165) is 5.56 Å². The first-order valence-corrected chi connectivity index (χ1v) is 8.41. The summed E-state index contributed by atoms with van der Waals surface area (Å²) in [5.74, 6) is -0.168. The molecule has 100 valence electrons. The van der Waals surface area contributed by atoms with Crippen LogP contribution < -0.4 is 0 Å². The van der Waals surface area contributed by atoms with E-state index in [-0.39, 0.29) is 5.75 Å². The maximum atomic E-state index is 12.2. The lowest BCUT2D eigenvalue weighted by molar-refractivity contribution is 0.593. The average Bonchev–Trinajstić information content (AvgIpc) is 2.39. The van der Waals surface area contributed by atoms with E-state index in [1.54, 1.807) is 24.3 Å². The summed E-state index contributed by atoms with van der Waals surface area (Å²) < 4.78 is 24.4. The van der Waals surface area contributed by atoms with Gasteiger partial charge < -0.3 is 0 Å². The lowest BCUT2D eigenvalue weighted by Gasteiger charge is -2.04. The Morgan fingerprint density at radius 1 is 1.21 bits per heavy atom. The molecule has 1 aromatic heterocycles. The molecule has 0 spiro atoms. The Morgan fingerprint density at radius 2 is 1.89 bits per heavy atom. The molecule has 7 heteroatoms. The van der Waals surface area contributed by atoms with Crippen molar-refractivity contribution in [3.05, 3.63) is 41.7 Å². The molecule has 0 saturated carbocycles. The van der Waals surface area contributed by atoms with Crippen LogP contribution in [0.4, 0.5) is 0 Å². The van der Waals surface area contributed by atoms with Crippen LogP contribution in [0, 0.1) is 6.92 Å². The van der Waals surface area contributed by atoms with Crippen LogP contribution in [-0.4, -0.2) is 29.9 Å². The molecule has 0 amide bonds. The Kier molecular flexibility index (Phi) is 4.16. The van der Waals surface area contributed by atoms with E-state index in [2.05, 4.69) is 15.2 Å². The molecule has 19 heavy (non-hydrogen) atoms. The second kappa shape index (κ2) is 5.66. The summed E-state index contributed by atoms with van der Waals surface area (Å²) in [4.78, 5) is 4.42. The van der Waals surface area contributed by atoms with E-state index in [9.17, 15) is 8.42 Å². The molecule has 0 aliphatic heterocycles. The second-order valence-electron chi connectivity index (χ2n) is 4.01. The maximum absolute atomic E-state index is 12.2. The first kappa shape index (κ1) is 14.0. The molecule has 1 heterocycles. The fourth-order valence-electron chi connectivity index (χ4n) is 1.50. The van der Waals surface area contributed by atoms with Gasteiger partial charge in [0.25, 0.3) is 0 Å². The van der Waals surface area contributed by atoms with E-state index < -0.39 is 9.84 Å². The number of aromatic nitrogens is 3. The van der Waals surface area contributed by atoms with Crippen LogP contribution in [0.15, 0.2) is 40.5 Å². The van der Waals surface area contributed by atoms with Crippen molar-refractivity contribution in [3.8, 4) is 0 Å². The number of sulfone groups is 1. The minimum absolute atomic E-state index is 0.168. The molecule has 0 saturated heterocycles. The van der Waals surface area contributed by atoms with E-state index >= 15 is 0 Å². The largest absolute Gasteiger partial charge is 0.223 e. The number of aryl methyl sites for hydroxylation is 1. The van der Waals surface area contributed by atoms with Crippen molar-refractivity contribution in [2.24, 2.45) is 0 Å². The highest BCUT2D eigenvalue weighted by atomic mass is 32.2. The Balaban J connectivity index is 2.28. The summed E-state index contributed by atoms with van der Waals surface area (Å²) in [6.07, 6.45) is 3.20. The Bertz CT molecular complexity index is 670. The number of hydrogen-bond acceptors (Lipinski definition) is 6. The molecule has 1 aromatic carbocycles. The van der Waals surface area contributed by atoms with Crippen LogP contribution >= 0.6 is 11.8 Å². The summed E-state index contributed by atoms with van der Waals surface area (Å²) in [5, 5.41) is 8.00. The molecule has 5 nitrogen and oxygen atoms in total. The van der Waals surface area contributed by atoms with Gasteiger partial charge in [-0.1, -0.05) is 29.5 Å². The third-order valence-electron chi connectivity index (χ3n) is 2.49. The topological polar surface area (TPSA) is 72.8 Å². The monoisotopic (exact) mass is 295 g/mol. The fraction of sp³-hybridized carbons (Fsp3) is 0.250. The van der Waals surface area contributed by atoms with E-state index in [1.165, 1.54) is 18.0 Å². The van der Waals surface area contributed by atoms with Gasteiger partial charge in [-0.05, 0) is 25.3 Å². The lowest BCUT2D eigenvalue weighted by atomic mass is 10.2. The molecule has 0 fully saturated rings. The van der Waals surface area contributed by atoms with Crippen LogP contribution in [0.5, 0.6) is 0 Å². The highest BCUT2D eigenvalue weighted by Crippen LogP contribution is 2.16. The zero-order valence-electron chi connectivity index (χ0n) is 10.6. The van der Waals surface area contributed by atoms with Gasteiger partial charge in [0.15, 0.2) is 9.84 Å². The van der Waals surface area contributed by atoms with E-state index in [4.69, 9.17) is 0 Å². The van der Waals surface area contributed by atoms with Crippen molar-refractivity contribution in [3.63, 3.8) is 0 Å². The third kappa shape index (κ3) is 3.51. The van der Waals surface area contributed by atoms with Crippen molar-refractivity contribution in [2.75, 3.05) is 6.26 Å². The fourth-order valence-corrected chi connectivity index (χ4v) is 3.08. The van der Waals surface area contributed by atoms with Crippen molar-refractivity contribution in [1.82, 2.24) is 15.2 Å². The smallest absolute Gasteiger partial charge is 0.209 e. The van der Waals surface area contributed by atoms with Gasteiger partial charge in [0.2, 0.25) is 5.16 Å². The molecule has 0 bridgehead atoms. The Morgan fingerprint density at radius 3 is 2.53 bits per heavy atom. The van der Waals surface area contributed by atoms with Gasteiger partial charge in [0.05, 0.1) is 22.5 Å². The van der Waals surface area contributed by atoms with Crippen LogP contribution in [0.3, 0.4) is 0 Å². The molecule has 0 unspecified atom stereocenters. The molecule has 0 radical (unpaired) electrons. The van der Waals surface area contributed by atoms with Gasteiger partial charge in [-0.15, -0.1) is 5.10 Å². The molecule has 2 aromatic rings. The molecule has 0 atom stereocenters. The molecular weight excluding hydrogens is 282 g/mol. The number of nitrogens with zero attached hydrogens (tertiary/aromatic N) is 3. The number of hydrogen-bond donors (Lipinski definition) is 0. The number of benzene rings is 1. The predicted octanol–water partition coefficient (Wildman–Crippen LogP) is 1.88. The van der Waals surface area contributed by atoms with Crippen LogP contribution in [0.25, 0.3) is 0 Å². The quantitative estimate of drug-likeness (QED) is 0.802. The number of thioether (sulfide) groups is 1. The van der Waals surface area contributed by atoms with Gasteiger partial charge >= 0.3 is 0 Å². The minimum atomic E-state index is -3.39. The SMILES string of the molecule is CSc1nncc(CS(=O)(=O)c2ccc(C)cc2)n1. The zero-order valence-corrected chi connectivity index (χ0v) is 12.2. The molecule has 0 N–H and O–H groups in total. The van der Waals surface area contributed by atoms with Crippen LogP contribution in [0.1, 0.15) is 11.3 Å². The molecule has 0 aliphatic rings. The average molecular weight is 295 g/mol. The van der Waals surface area contributed by atoms with Gasteiger partial charge in [-0.2, -0.15) is 5.10 Å². The predicted molar refractivity (Wildman–Crippen MR) is 73.7 cm³/mol. The van der Waals surface area contributed by atoms with Crippen molar-refractivity contribution >= 4 is 21.6 Å². The van der Waals surface area contributed by atoms with Gasteiger partial charge in [-0.3, -0.25) is 0 Å². The first-order valence-electron chi connectivity index (χ1n) is 5.53. The summed E-state index contributed by atoms with van der Waals surface area (Å²) in [6.45, 7) is 1.91. The van der Waals surface area contributed by atoms with E-state index in [1.807, 2.05) is 13.2 Å². The number of rotatable bonds is 4. The van der Waals surface area contributed by atoms with Crippen molar-refractivity contribution in [1.29, 1.82) is 0 Å². The summed E-state index contributed by atoms with van der Waals surface area (Å²) in [5.41, 5.74) is 1.42. The van der Waals surface area contributed by atoms with E-state index in [0.29, 0.717) is 15.7 Å². The van der Waals surface area contributed by atoms with Crippen LogP contribution in [-0.2, 0) is 15.6 Å². The normalized spacial score (nSPS) is 11.5. The summed E-state index contributed by atoms with van der Waals surface area (Å²) in [6, 6.07) is 6.76. The zero-order chi connectivity index (χ0) is 13.9. The standard InChI is InChI=1S/C12H13N3O2S2/c1-9-3-5-11(6-4-9)19(16,17)8-10-7-13-15-12(14-10)18-2/h3-7H,8H2,1-2H3. The molecule has 2 rings (SSSR count). The summed E-state index contributed by atoms with van der Waals surface area (Å²) >= 11 is 1.33. The van der Waals surface area contributed by atoms with Gasteiger partial charge in [-0.25, -0.2) is 13.4 Å². The first-order chi connectivity index (χ1) is 9.01. The summed E-state index contributed by atoms with van der Waals surface area (Å²) in [7, 11) is -3.39. The van der Waals surface area contributed by atoms with Crippen molar-refractivity contribution < 1.29 is 8.42 Å². The molecule has 0 aliphatic carbocycles. The Labute approximate surface area is 116 Å². The van der Waals surface area contributed by atoms with Gasteiger partial charge in [0.1, 0.15) is 0 Å². The third-order valence-corrected chi connectivity index (χ3v) is 4.69. The van der Waals surface area contributed by atoms with Crippen molar-refractivity contribution in [2.45, 2.75) is 22.7 Å².